The van der Waals surface area contributed by atoms with Gasteiger partial charge >= 0.3 is 5.97 Å². The lowest BCUT2D eigenvalue weighted by Crippen LogP contribution is -2.15. The lowest BCUT2D eigenvalue weighted by molar-refractivity contribution is 0.0427. The highest BCUT2D eigenvalue weighted by molar-refractivity contribution is 5.91. The van der Waals surface area contributed by atoms with Crippen molar-refractivity contribution in [2.75, 3.05) is 12.3 Å². The summed E-state index contributed by atoms with van der Waals surface area (Å²) in [6.07, 6.45) is 4.55. The first-order valence-electron chi connectivity index (χ1n) is 7.11. The van der Waals surface area contributed by atoms with Gasteiger partial charge in [0.05, 0.1) is 12.2 Å². The van der Waals surface area contributed by atoms with Gasteiger partial charge in [-0.3, -0.25) is 0 Å². The molecule has 0 saturated carbocycles. The minimum Gasteiger partial charge on any atom is -0.462 e. The minimum atomic E-state index is -0.243. The van der Waals surface area contributed by atoms with Crippen LogP contribution in [-0.4, -0.2) is 12.6 Å². The summed E-state index contributed by atoms with van der Waals surface area (Å²) >= 11 is 0. The van der Waals surface area contributed by atoms with E-state index < -0.39 is 0 Å². The molecule has 0 saturated heterocycles. The number of carbonyl (C=O) groups excluding carboxylic acids is 1. The second kappa shape index (κ2) is 7.82. The Hall–Kier alpha value is -1.51. The Morgan fingerprint density at radius 2 is 2.11 bits per heavy atom. The predicted molar refractivity (Wildman–Crippen MR) is 79.2 cm³/mol. The van der Waals surface area contributed by atoms with Gasteiger partial charge in [0.1, 0.15) is 0 Å². The highest BCUT2D eigenvalue weighted by Crippen LogP contribution is 2.16. The molecule has 1 atom stereocenters. The van der Waals surface area contributed by atoms with E-state index in [1.165, 1.54) is 12.8 Å². The van der Waals surface area contributed by atoms with E-state index >= 15 is 0 Å². The van der Waals surface area contributed by atoms with E-state index in [2.05, 4.69) is 13.8 Å². The van der Waals surface area contributed by atoms with Crippen LogP contribution in [0, 0.1) is 12.8 Å². The molecule has 0 aliphatic carbocycles. The van der Waals surface area contributed by atoms with E-state index in [9.17, 15) is 4.79 Å². The van der Waals surface area contributed by atoms with Crippen molar-refractivity contribution >= 4 is 11.7 Å². The number of nitrogen functional groups attached to an aromatic ring is 1. The normalized spacial score (nSPS) is 12.2. The van der Waals surface area contributed by atoms with Crippen LogP contribution in [0.4, 0.5) is 5.69 Å². The fourth-order valence-electron chi connectivity index (χ4n) is 2.09. The highest BCUT2D eigenvalue weighted by Gasteiger charge is 2.13. The standard InChI is InChI=1S/C16H25NO2/c1-4-6-7-13(5-2)11-19-16(18)15-9-8-14(17)10-12(15)3/h8-10,13H,4-7,11,17H2,1-3H3. The maximum atomic E-state index is 12.0. The summed E-state index contributed by atoms with van der Waals surface area (Å²) in [7, 11) is 0. The molecule has 3 nitrogen and oxygen atoms in total. The summed E-state index contributed by atoms with van der Waals surface area (Å²) in [5, 5.41) is 0. The summed E-state index contributed by atoms with van der Waals surface area (Å²) in [4.78, 5) is 12.0. The molecule has 0 spiro atoms. The number of rotatable bonds is 7. The van der Waals surface area contributed by atoms with Gasteiger partial charge in [0, 0.05) is 5.69 Å². The zero-order chi connectivity index (χ0) is 14.3. The third-order valence-corrected chi connectivity index (χ3v) is 3.46. The summed E-state index contributed by atoms with van der Waals surface area (Å²) in [5.74, 6) is 0.227. The number of aryl methyl sites for hydroxylation is 1. The molecule has 0 amide bonds. The van der Waals surface area contributed by atoms with Crippen LogP contribution in [0.2, 0.25) is 0 Å². The van der Waals surface area contributed by atoms with E-state index in [0.29, 0.717) is 23.8 Å². The monoisotopic (exact) mass is 263 g/mol. The Bertz CT molecular complexity index is 415. The average Bonchev–Trinajstić information content (AvgIpc) is 2.38. The number of unbranched alkanes of at least 4 members (excludes halogenated alkanes) is 1. The number of hydrogen-bond acceptors (Lipinski definition) is 3. The van der Waals surface area contributed by atoms with Gasteiger partial charge in [-0.25, -0.2) is 4.79 Å². The van der Waals surface area contributed by atoms with Gasteiger partial charge in [-0.1, -0.05) is 33.1 Å². The second-order valence-corrected chi connectivity index (χ2v) is 5.09. The quantitative estimate of drug-likeness (QED) is 0.598. The first-order valence-corrected chi connectivity index (χ1v) is 7.11. The maximum absolute atomic E-state index is 12.0. The lowest BCUT2D eigenvalue weighted by atomic mass is 10.0. The molecule has 0 aliphatic heterocycles. The Balaban J connectivity index is 2.54. The molecule has 106 valence electrons. The third-order valence-electron chi connectivity index (χ3n) is 3.46. The van der Waals surface area contributed by atoms with Crippen molar-refractivity contribution in [3.05, 3.63) is 29.3 Å². The first-order chi connectivity index (χ1) is 9.08. The molecule has 0 heterocycles. The number of carbonyl (C=O) groups is 1. The van der Waals surface area contributed by atoms with Crippen LogP contribution in [-0.2, 0) is 4.74 Å². The van der Waals surface area contributed by atoms with Gasteiger partial charge in [0.25, 0.3) is 0 Å². The van der Waals surface area contributed by atoms with Gasteiger partial charge in [0.2, 0.25) is 0 Å². The SMILES string of the molecule is CCCCC(CC)COC(=O)c1ccc(N)cc1C. The van der Waals surface area contributed by atoms with Crippen molar-refractivity contribution < 1.29 is 9.53 Å². The van der Waals surface area contributed by atoms with E-state index in [1.54, 1.807) is 18.2 Å². The molecule has 3 heteroatoms. The van der Waals surface area contributed by atoms with E-state index in [4.69, 9.17) is 10.5 Å². The van der Waals surface area contributed by atoms with Crippen LogP contribution in [0.1, 0.15) is 55.5 Å². The van der Waals surface area contributed by atoms with Gasteiger partial charge in [0.15, 0.2) is 0 Å². The first kappa shape index (κ1) is 15.5. The van der Waals surface area contributed by atoms with Crippen LogP contribution in [0.3, 0.4) is 0 Å². The molecular weight excluding hydrogens is 238 g/mol. The number of hydrogen-bond donors (Lipinski definition) is 1. The molecule has 1 aromatic carbocycles. The van der Waals surface area contributed by atoms with Crippen LogP contribution in [0.25, 0.3) is 0 Å². The molecule has 0 fully saturated rings. The molecule has 0 aliphatic rings. The smallest absolute Gasteiger partial charge is 0.338 e. The van der Waals surface area contributed by atoms with Crippen molar-refractivity contribution in [1.82, 2.24) is 0 Å². The van der Waals surface area contributed by atoms with Gasteiger partial charge in [-0.05, 0) is 43.0 Å². The van der Waals surface area contributed by atoms with E-state index in [0.717, 1.165) is 18.4 Å². The summed E-state index contributed by atoms with van der Waals surface area (Å²) in [5.41, 5.74) is 7.82. The average molecular weight is 263 g/mol. The molecule has 0 bridgehead atoms. The zero-order valence-electron chi connectivity index (χ0n) is 12.2. The van der Waals surface area contributed by atoms with Crippen LogP contribution in [0.15, 0.2) is 18.2 Å². The topological polar surface area (TPSA) is 52.3 Å². The van der Waals surface area contributed by atoms with E-state index in [1.807, 2.05) is 6.92 Å². The fraction of sp³-hybridized carbons (Fsp3) is 0.562. The Labute approximate surface area is 116 Å². The minimum absolute atomic E-state index is 0.243. The molecule has 0 radical (unpaired) electrons. The molecular formula is C16H25NO2. The summed E-state index contributed by atoms with van der Waals surface area (Å²) in [6, 6.07) is 5.27. The van der Waals surface area contributed by atoms with Crippen molar-refractivity contribution in [3.63, 3.8) is 0 Å². The van der Waals surface area contributed by atoms with Crippen LogP contribution < -0.4 is 5.73 Å². The fourth-order valence-corrected chi connectivity index (χ4v) is 2.09. The Kier molecular flexibility index (Phi) is 6.40. The van der Waals surface area contributed by atoms with Gasteiger partial charge < -0.3 is 10.5 Å². The number of anilines is 1. The molecule has 1 aromatic rings. The number of benzene rings is 1. The molecule has 19 heavy (non-hydrogen) atoms. The van der Waals surface area contributed by atoms with Crippen molar-refractivity contribution in [1.29, 1.82) is 0 Å². The third kappa shape index (κ3) is 4.93. The lowest BCUT2D eigenvalue weighted by Gasteiger charge is -2.15. The zero-order valence-corrected chi connectivity index (χ0v) is 12.2. The van der Waals surface area contributed by atoms with Crippen molar-refractivity contribution in [3.8, 4) is 0 Å². The maximum Gasteiger partial charge on any atom is 0.338 e. The second-order valence-electron chi connectivity index (χ2n) is 5.09. The predicted octanol–water partition coefficient (Wildman–Crippen LogP) is 3.95. The van der Waals surface area contributed by atoms with Crippen LogP contribution in [0.5, 0.6) is 0 Å². The molecule has 1 unspecified atom stereocenters. The van der Waals surface area contributed by atoms with Crippen molar-refractivity contribution in [2.45, 2.75) is 46.5 Å². The summed E-state index contributed by atoms with van der Waals surface area (Å²) < 4.78 is 5.42. The van der Waals surface area contributed by atoms with Crippen molar-refractivity contribution in [2.24, 2.45) is 5.92 Å². The molecule has 0 aromatic heterocycles. The van der Waals surface area contributed by atoms with Gasteiger partial charge in [-0.2, -0.15) is 0 Å². The van der Waals surface area contributed by atoms with Crippen LogP contribution >= 0.6 is 0 Å². The summed E-state index contributed by atoms with van der Waals surface area (Å²) in [6.45, 7) is 6.71. The number of nitrogens with two attached hydrogens (primary N) is 1. The molecule has 1 rings (SSSR count). The largest absolute Gasteiger partial charge is 0.462 e. The molecule has 2 N–H and O–H groups in total. The van der Waals surface area contributed by atoms with E-state index in [-0.39, 0.29) is 5.97 Å². The highest BCUT2D eigenvalue weighted by atomic mass is 16.5. The van der Waals surface area contributed by atoms with Gasteiger partial charge in [-0.15, -0.1) is 0 Å². The number of ether oxygens (including phenoxy) is 1. The Morgan fingerprint density at radius 3 is 2.68 bits per heavy atom. The Morgan fingerprint density at radius 1 is 1.37 bits per heavy atom. The number of esters is 1.